The van der Waals surface area contributed by atoms with Gasteiger partial charge in [0.05, 0.1) is 13.7 Å². The minimum absolute atomic E-state index is 0.0230. The number of carbonyl (C=O) groups is 1. The van der Waals surface area contributed by atoms with Gasteiger partial charge in [0.2, 0.25) is 5.76 Å². The fraction of sp³-hybridized carbons (Fsp3) is 0.250. The molecule has 3 aromatic rings. The molecule has 0 aliphatic carbocycles. The van der Waals surface area contributed by atoms with E-state index in [0.29, 0.717) is 23.5 Å². The largest absolute Gasteiger partial charge is 0.497 e. The molecule has 5 heteroatoms. The molecule has 2 aromatic carbocycles. The minimum atomic E-state index is -1.06. The Balaban J connectivity index is 1.61. The highest BCUT2D eigenvalue weighted by molar-refractivity contribution is 5.95. The van der Waals surface area contributed by atoms with Crippen molar-refractivity contribution in [2.75, 3.05) is 13.7 Å². The molecule has 0 amide bonds. The van der Waals surface area contributed by atoms with Gasteiger partial charge in [0, 0.05) is 10.9 Å². The predicted molar refractivity (Wildman–Crippen MR) is 94.7 cm³/mol. The molecule has 0 saturated carbocycles. The van der Waals surface area contributed by atoms with Crippen molar-refractivity contribution in [3.05, 3.63) is 59.4 Å². The standard InChI is InChI=1S/C20H20O5/c1-13-17-12-16(8-9-18(17)25-19(13)20(21)22)24-10-4-6-14-5-3-7-15(11-14)23-2/h3,5,7-9,11-12H,4,6,10H2,1-2H3,(H,21,22). The summed E-state index contributed by atoms with van der Waals surface area (Å²) in [6.45, 7) is 2.31. The molecule has 0 saturated heterocycles. The summed E-state index contributed by atoms with van der Waals surface area (Å²) >= 11 is 0. The van der Waals surface area contributed by atoms with Gasteiger partial charge in [-0.05, 0) is 55.7 Å². The molecule has 3 rings (SSSR count). The Morgan fingerprint density at radius 2 is 2.00 bits per heavy atom. The van der Waals surface area contributed by atoms with Gasteiger partial charge in [-0.2, -0.15) is 0 Å². The van der Waals surface area contributed by atoms with Crippen molar-refractivity contribution in [1.82, 2.24) is 0 Å². The van der Waals surface area contributed by atoms with Gasteiger partial charge in [-0.1, -0.05) is 12.1 Å². The molecule has 5 nitrogen and oxygen atoms in total. The number of aryl methyl sites for hydroxylation is 2. The van der Waals surface area contributed by atoms with Crippen LogP contribution in [0, 0.1) is 6.92 Å². The van der Waals surface area contributed by atoms with Crippen molar-refractivity contribution in [2.24, 2.45) is 0 Å². The van der Waals surface area contributed by atoms with Gasteiger partial charge in [0.15, 0.2) is 0 Å². The molecular weight excluding hydrogens is 320 g/mol. The van der Waals surface area contributed by atoms with Crippen molar-refractivity contribution >= 4 is 16.9 Å². The van der Waals surface area contributed by atoms with Gasteiger partial charge in [-0.25, -0.2) is 4.79 Å². The minimum Gasteiger partial charge on any atom is -0.497 e. The van der Waals surface area contributed by atoms with Gasteiger partial charge in [0.25, 0.3) is 0 Å². The molecule has 1 heterocycles. The average Bonchev–Trinajstić information content (AvgIpc) is 2.96. The monoisotopic (exact) mass is 340 g/mol. The number of fused-ring (bicyclic) bond motifs is 1. The predicted octanol–water partition coefficient (Wildman–Crippen LogP) is 4.46. The summed E-state index contributed by atoms with van der Waals surface area (Å²) in [5.41, 5.74) is 2.37. The number of hydrogen-bond acceptors (Lipinski definition) is 4. The molecule has 1 N–H and O–H groups in total. The number of carboxylic acids is 1. The Kier molecular flexibility index (Phi) is 4.93. The summed E-state index contributed by atoms with van der Waals surface area (Å²) in [4.78, 5) is 11.1. The lowest BCUT2D eigenvalue weighted by Crippen LogP contribution is -1.99. The van der Waals surface area contributed by atoms with E-state index in [0.717, 1.165) is 24.0 Å². The average molecular weight is 340 g/mol. The van der Waals surface area contributed by atoms with E-state index in [1.807, 2.05) is 24.3 Å². The van der Waals surface area contributed by atoms with Crippen molar-refractivity contribution in [3.8, 4) is 11.5 Å². The quantitative estimate of drug-likeness (QED) is 0.643. The summed E-state index contributed by atoms with van der Waals surface area (Å²) in [5.74, 6) is 0.479. The fourth-order valence-corrected chi connectivity index (χ4v) is 2.79. The summed E-state index contributed by atoms with van der Waals surface area (Å²) < 4.78 is 16.4. The highest BCUT2D eigenvalue weighted by Crippen LogP contribution is 2.29. The van der Waals surface area contributed by atoms with Crippen LogP contribution in [0.2, 0.25) is 0 Å². The molecule has 0 aliphatic heterocycles. The number of carboxylic acid groups (broad SMARTS) is 1. The zero-order valence-electron chi connectivity index (χ0n) is 14.2. The Morgan fingerprint density at radius 1 is 1.16 bits per heavy atom. The Morgan fingerprint density at radius 3 is 2.76 bits per heavy atom. The van der Waals surface area contributed by atoms with E-state index in [1.165, 1.54) is 5.56 Å². The lowest BCUT2D eigenvalue weighted by molar-refractivity contribution is 0.0664. The molecular formula is C20H20O5. The first-order valence-electron chi connectivity index (χ1n) is 8.10. The number of furan rings is 1. The molecule has 130 valence electrons. The summed E-state index contributed by atoms with van der Waals surface area (Å²) in [7, 11) is 1.66. The molecule has 1 aromatic heterocycles. The highest BCUT2D eigenvalue weighted by Gasteiger charge is 2.16. The van der Waals surface area contributed by atoms with Crippen molar-refractivity contribution in [3.63, 3.8) is 0 Å². The summed E-state index contributed by atoms with van der Waals surface area (Å²) in [5, 5.41) is 9.89. The van der Waals surface area contributed by atoms with Crippen LogP contribution in [0.15, 0.2) is 46.9 Å². The molecule has 0 aliphatic rings. The van der Waals surface area contributed by atoms with Gasteiger partial charge in [-0.15, -0.1) is 0 Å². The van der Waals surface area contributed by atoms with Crippen molar-refractivity contribution < 1.29 is 23.8 Å². The van der Waals surface area contributed by atoms with E-state index >= 15 is 0 Å². The van der Waals surface area contributed by atoms with Crippen LogP contribution >= 0.6 is 0 Å². The van der Waals surface area contributed by atoms with Crippen LogP contribution in [0.1, 0.15) is 28.1 Å². The number of ether oxygens (including phenoxy) is 2. The number of benzene rings is 2. The fourth-order valence-electron chi connectivity index (χ4n) is 2.79. The van der Waals surface area contributed by atoms with Gasteiger partial charge >= 0.3 is 5.97 Å². The van der Waals surface area contributed by atoms with Crippen molar-refractivity contribution in [2.45, 2.75) is 19.8 Å². The molecule has 0 bridgehead atoms. The second kappa shape index (κ2) is 7.30. The first-order valence-corrected chi connectivity index (χ1v) is 8.10. The first kappa shape index (κ1) is 16.9. The topological polar surface area (TPSA) is 68.9 Å². The normalized spacial score (nSPS) is 10.8. The number of methoxy groups -OCH3 is 1. The molecule has 0 fully saturated rings. The highest BCUT2D eigenvalue weighted by atomic mass is 16.5. The molecule has 0 atom stereocenters. The third-order valence-electron chi connectivity index (χ3n) is 4.11. The van der Waals surface area contributed by atoms with Crippen LogP contribution in [0.4, 0.5) is 0 Å². The Labute approximate surface area is 145 Å². The molecule has 0 unspecified atom stereocenters. The second-order valence-electron chi connectivity index (χ2n) is 5.82. The van der Waals surface area contributed by atoms with Crippen molar-refractivity contribution in [1.29, 1.82) is 0 Å². The Bertz CT molecular complexity index is 894. The number of rotatable bonds is 7. The summed E-state index contributed by atoms with van der Waals surface area (Å²) in [6, 6.07) is 13.4. The van der Waals surface area contributed by atoms with E-state index < -0.39 is 5.97 Å². The molecule has 0 spiro atoms. The smallest absolute Gasteiger partial charge is 0.372 e. The van der Waals surface area contributed by atoms with Crippen LogP contribution in [0.5, 0.6) is 11.5 Å². The van der Waals surface area contributed by atoms with Crippen LogP contribution in [-0.4, -0.2) is 24.8 Å². The summed E-state index contributed by atoms with van der Waals surface area (Å²) in [6.07, 6.45) is 1.77. The van der Waals surface area contributed by atoms with Gasteiger partial charge in [0.1, 0.15) is 17.1 Å². The van der Waals surface area contributed by atoms with E-state index in [9.17, 15) is 4.79 Å². The maximum atomic E-state index is 11.1. The maximum Gasteiger partial charge on any atom is 0.372 e. The Hall–Kier alpha value is -2.95. The zero-order valence-corrected chi connectivity index (χ0v) is 14.2. The van der Waals surface area contributed by atoms with E-state index in [1.54, 1.807) is 26.2 Å². The number of hydrogen-bond donors (Lipinski definition) is 1. The van der Waals surface area contributed by atoms with Crippen LogP contribution in [0.3, 0.4) is 0 Å². The van der Waals surface area contributed by atoms with Crippen LogP contribution < -0.4 is 9.47 Å². The first-order chi connectivity index (χ1) is 12.1. The third kappa shape index (κ3) is 3.76. The van der Waals surface area contributed by atoms with Gasteiger partial charge in [-0.3, -0.25) is 0 Å². The molecule has 25 heavy (non-hydrogen) atoms. The van der Waals surface area contributed by atoms with Crippen LogP contribution in [-0.2, 0) is 6.42 Å². The SMILES string of the molecule is COc1cccc(CCCOc2ccc3oc(C(=O)O)c(C)c3c2)c1. The zero-order chi connectivity index (χ0) is 17.8. The molecule has 0 radical (unpaired) electrons. The lowest BCUT2D eigenvalue weighted by Gasteiger charge is -2.07. The second-order valence-corrected chi connectivity index (χ2v) is 5.82. The third-order valence-corrected chi connectivity index (χ3v) is 4.11. The maximum absolute atomic E-state index is 11.1. The lowest BCUT2D eigenvalue weighted by atomic mass is 10.1. The van der Waals surface area contributed by atoms with E-state index in [2.05, 4.69) is 6.07 Å². The van der Waals surface area contributed by atoms with E-state index in [4.69, 9.17) is 19.0 Å². The van der Waals surface area contributed by atoms with Gasteiger partial charge < -0.3 is 19.0 Å². The van der Waals surface area contributed by atoms with E-state index in [-0.39, 0.29) is 5.76 Å². The van der Waals surface area contributed by atoms with Crippen LogP contribution in [0.25, 0.3) is 11.0 Å². The number of aromatic carboxylic acids is 1.